The van der Waals surface area contributed by atoms with Crippen LogP contribution in [0.2, 0.25) is 0 Å². The van der Waals surface area contributed by atoms with E-state index >= 15 is 0 Å². The lowest BCUT2D eigenvalue weighted by atomic mass is 10.1. The standard InChI is InChI=1S/C17H26N2O2/c1-3-14-6-8-15(9-7-14)11-18(2)17(21)13-19-10-4-5-16(20)12-19/h6-9,16,20H,3-5,10-13H2,1-2H3. The number of aliphatic hydroxyl groups is 1. The second-order valence-corrected chi connectivity index (χ2v) is 5.95. The normalized spacial score (nSPS) is 19.5. The monoisotopic (exact) mass is 290 g/mol. The van der Waals surface area contributed by atoms with Gasteiger partial charge in [-0.3, -0.25) is 9.69 Å². The highest BCUT2D eigenvalue weighted by molar-refractivity contribution is 5.78. The zero-order valence-corrected chi connectivity index (χ0v) is 13.1. The van der Waals surface area contributed by atoms with Crippen molar-refractivity contribution in [3.05, 3.63) is 35.4 Å². The molecule has 0 aliphatic carbocycles. The van der Waals surface area contributed by atoms with Crippen molar-refractivity contribution in [3.63, 3.8) is 0 Å². The Hall–Kier alpha value is -1.39. The molecule has 1 N–H and O–H groups in total. The van der Waals surface area contributed by atoms with Gasteiger partial charge in [0, 0.05) is 20.1 Å². The second kappa shape index (κ2) is 7.57. The lowest BCUT2D eigenvalue weighted by Crippen LogP contribution is -2.44. The molecular formula is C17H26N2O2. The third-order valence-corrected chi connectivity index (χ3v) is 4.12. The highest BCUT2D eigenvalue weighted by Crippen LogP contribution is 2.11. The number of aryl methyl sites for hydroxylation is 1. The molecule has 116 valence electrons. The fraction of sp³-hybridized carbons (Fsp3) is 0.588. The molecule has 21 heavy (non-hydrogen) atoms. The van der Waals surface area contributed by atoms with Crippen molar-refractivity contribution in [2.45, 2.75) is 38.8 Å². The molecule has 1 saturated heterocycles. The van der Waals surface area contributed by atoms with Crippen molar-refractivity contribution in [2.24, 2.45) is 0 Å². The molecule has 4 heteroatoms. The van der Waals surface area contributed by atoms with Gasteiger partial charge in [0.2, 0.25) is 5.91 Å². The molecule has 1 atom stereocenters. The fourth-order valence-corrected chi connectivity index (χ4v) is 2.73. The quantitative estimate of drug-likeness (QED) is 0.897. The number of likely N-dealkylation sites (tertiary alicyclic amines) is 1. The number of β-amino-alcohol motifs (C(OH)–C–C–N with tert-alkyl or cyclic N) is 1. The first-order chi connectivity index (χ1) is 10.1. The van der Waals surface area contributed by atoms with Gasteiger partial charge in [-0.15, -0.1) is 0 Å². The molecule has 1 fully saturated rings. The summed E-state index contributed by atoms with van der Waals surface area (Å²) in [6.07, 6.45) is 2.58. The molecule has 0 radical (unpaired) electrons. The Kier molecular flexibility index (Phi) is 5.76. The average molecular weight is 290 g/mol. The topological polar surface area (TPSA) is 43.8 Å². The zero-order valence-electron chi connectivity index (χ0n) is 13.1. The average Bonchev–Trinajstić information content (AvgIpc) is 2.48. The maximum atomic E-state index is 12.2. The predicted octanol–water partition coefficient (Wildman–Crippen LogP) is 1.66. The van der Waals surface area contributed by atoms with Crippen LogP contribution in [0.4, 0.5) is 0 Å². The number of rotatable bonds is 5. The van der Waals surface area contributed by atoms with E-state index in [2.05, 4.69) is 31.2 Å². The van der Waals surface area contributed by atoms with Crippen LogP contribution in [0.3, 0.4) is 0 Å². The molecule has 4 nitrogen and oxygen atoms in total. The first-order valence-corrected chi connectivity index (χ1v) is 7.80. The van der Waals surface area contributed by atoms with Gasteiger partial charge in [0.1, 0.15) is 0 Å². The van der Waals surface area contributed by atoms with Crippen LogP contribution in [-0.2, 0) is 17.8 Å². The summed E-state index contributed by atoms with van der Waals surface area (Å²) in [6.45, 7) is 4.70. The fourth-order valence-electron chi connectivity index (χ4n) is 2.73. The minimum absolute atomic E-state index is 0.115. The van der Waals surface area contributed by atoms with Crippen LogP contribution in [-0.4, -0.2) is 53.6 Å². The van der Waals surface area contributed by atoms with E-state index in [1.54, 1.807) is 4.90 Å². The van der Waals surface area contributed by atoms with E-state index in [1.165, 1.54) is 5.56 Å². The molecule has 2 rings (SSSR count). The van der Waals surface area contributed by atoms with E-state index in [0.29, 0.717) is 19.6 Å². The van der Waals surface area contributed by atoms with E-state index in [1.807, 2.05) is 11.9 Å². The molecule has 1 amide bonds. The van der Waals surface area contributed by atoms with E-state index in [0.717, 1.165) is 31.4 Å². The summed E-state index contributed by atoms with van der Waals surface area (Å²) >= 11 is 0. The third-order valence-electron chi connectivity index (χ3n) is 4.12. The van der Waals surface area contributed by atoms with Crippen molar-refractivity contribution in [3.8, 4) is 0 Å². The van der Waals surface area contributed by atoms with Crippen LogP contribution < -0.4 is 0 Å². The van der Waals surface area contributed by atoms with Gasteiger partial charge in [-0.25, -0.2) is 0 Å². The smallest absolute Gasteiger partial charge is 0.236 e. The molecule has 1 aliphatic heterocycles. The summed E-state index contributed by atoms with van der Waals surface area (Å²) in [7, 11) is 1.84. The lowest BCUT2D eigenvalue weighted by Gasteiger charge is -2.30. The van der Waals surface area contributed by atoms with Crippen molar-refractivity contribution in [1.82, 2.24) is 9.80 Å². The van der Waals surface area contributed by atoms with Crippen molar-refractivity contribution in [2.75, 3.05) is 26.7 Å². The van der Waals surface area contributed by atoms with E-state index in [-0.39, 0.29) is 12.0 Å². The molecule has 1 heterocycles. The van der Waals surface area contributed by atoms with Gasteiger partial charge < -0.3 is 10.0 Å². The summed E-state index contributed by atoms with van der Waals surface area (Å²) in [5.74, 6) is 0.115. The van der Waals surface area contributed by atoms with Crippen LogP contribution in [0.5, 0.6) is 0 Å². The van der Waals surface area contributed by atoms with Gasteiger partial charge in [-0.2, -0.15) is 0 Å². The Morgan fingerprint density at radius 1 is 1.33 bits per heavy atom. The Bertz CT molecular complexity index is 458. The minimum atomic E-state index is -0.279. The highest BCUT2D eigenvalue weighted by Gasteiger charge is 2.21. The summed E-state index contributed by atoms with van der Waals surface area (Å²) < 4.78 is 0. The number of nitrogens with zero attached hydrogens (tertiary/aromatic N) is 2. The predicted molar refractivity (Wildman–Crippen MR) is 84.0 cm³/mol. The van der Waals surface area contributed by atoms with Crippen LogP contribution in [0.1, 0.15) is 30.9 Å². The molecule has 0 aromatic heterocycles. The molecule has 1 unspecified atom stereocenters. The molecule has 0 spiro atoms. The van der Waals surface area contributed by atoms with Crippen LogP contribution in [0.15, 0.2) is 24.3 Å². The number of hydrogen-bond donors (Lipinski definition) is 1. The SMILES string of the molecule is CCc1ccc(CN(C)C(=O)CN2CCCC(O)C2)cc1. The summed E-state index contributed by atoms with van der Waals surface area (Å²) in [5.41, 5.74) is 2.47. The Labute approximate surface area is 127 Å². The molecule has 0 saturated carbocycles. The van der Waals surface area contributed by atoms with E-state index < -0.39 is 0 Å². The van der Waals surface area contributed by atoms with Gasteiger partial charge in [0.15, 0.2) is 0 Å². The van der Waals surface area contributed by atoms with E-state index in [9.17, 15) is 9.90 Å². The second-order valence-electron chi connectivity index (χ2n) is 5.95. The summed E-state index contributed by atoms with van der Waals surface area (Å²) in [5, 5.41) is 9.65. The Balaban J connectivity index is 1.83. The number of benzene rings is 1. The first-order valence-electron chi connectivity index (χ1n) is 7.80. The van der Waals surface area contributed by atoms with Crippen molar-refractivity contribution in [1.29, 1.82) is 0 Å². The third kappa shape index (κ3) is 4.83. The highest BCUT2D eigenvalue weighted by atomic mass is 16.3. The Morgan fingerprint density at radius 2 is 2.00 bits per heavy atom. The molecular weight excluding hydrogens is 264 g/mol. The zero-order chi connectivity index (χ0) is 15.2. The van der Waals surface area contributed by atoms with Gasteiger partial charge >= 0.3 is 0 Å². The maximum absolute atomic E-state index is 12.2. The minimum Gasteiger partial charge on any atom is -0.392 e. The maximum Gasteiger partial charge on any atom is 0.236 e. The van der Waals surface area contributed by atoms with Crippen molar-refractivity contribution >= 4 is 5.91 Å². The summed E-state index contributed by atoms with van der Waals surface area (Å²) in [4.78, 5) is 16.1. The number of aliphatic hydroxyl groups excluding tert-OH is 1. The molecule has 0 bridgehead atoms. The Morgan fingerprint density at radius 3 is 2.62 bits per heavy atom. The number of likely N-dealkylation sites (N-methyl/N-ethyl adjacent to an activating group) is 1. The van der Waals surface area contributed by atoms with Gasteiger partial charge in [0.05, 0.1) is 12.6 Å². The van der Waals surface area contributed by atoms with E-state index in [4.69, 9.17) is 0 Å². The number of piperidine rings is 1. The summed E-state index contributed by atoms with van der Waals surface area (Å²) in [6, 6.07) is 8.42. The molecule has 1 aliphatic rings. The largest absolute Gasteiger partial charge is 0.392 e. The van der Waals surface area contributed by atoms with Crippen LogP contribution in [0, 0.1) is 0 Å². The van der Waals surface area contributed by atoms with Crippen molar-refractivity contribution < 1.29 is 9.90 Å². The number of carbonyl (C=O) groups excluding carboxylic acids is 1. The van der Waals surface area contributed by atoms with Gasteiger partial charge in [-0.05, 0) is 36.9 Å². The molecule has 1 aromatic carbocycles. The number of carbonyl (C=O) groups is 1. The number of amides is 1. The van der Waals surface area contributed by atoms with Crippen LogP contribution in [0.25, 0.3) is 0 Å². The molecule has 1 aromatic rings. The van der Waals surface area contributed by atoms with Crippen LogP contribution >= 0.6 is 0 Å². The van der Waals surface area contributed by atoms with Gasteiger partial charge in [0.25, 0.3) is 0 Å². The number of hydrogen-bond acceptors (Lipinski definition) is 3. The first kappa shape index (κ1) is 16.0. The van der Waals surface area contributed by atoms with Gasteiger partial charge in [-0.1, -0.05) is 31.2 Å². The lowest BCUT2D eigenvalue weighted by molar-refractivity contribution is -0.132.